The van der Waals surface area contributed by atoms with E-state index >= 15 is 0 Å². The summed E-state index contributed by atoms with van der Waals surface area (Å²) in [5.41, 5.74) is 0.417. The number of phenols is 2. The van der Waals surface area contributed by atoms with Crippen LogP contribution in [-0.4, -0.2) is 23.6 Å². The van der Waals surface area contributed by atoms with Crippen molar-refractivity contribution in [1.82, 2.24) is 0 Å². The van der Waals surface area contributed by atoms with Gasteiger partial charge >= 0.3 is 0 Å². The topological polar surface area (TPSA) is 79.9 Å². The SMILES string of the molecule is COc1c(O)cc2oc(-c3ccc(SC)cc3)cc(=O)c2c1O. The molecule has 5 nitrogen and oxygen atoms in total. The molecule has 0 bridgehead atoms. The molecule has 0 unspecified atom stereocenters. The Hall–Kier alpha value is -2.60. The number of rotatable bonds is 3. The van der Waals surface area contributed by atoms with Gasteiger partial charge in [-0.05, 0) is 18.4 Å². The minimum Gasteiger partial charge on any atom is -0.504 e. The van der Waals surface area contributed by atoms with Crippen LogP contribution in [0.25, 0.3) is 22.3 Å². The summed E-state index contributed by atoms with van der Waals surface area (Å²) >= 11 is 1.61. The lowest BCUT2D eigenvalue weighted by molar-refractivity contribution is 0.346. The normalized spacial score (nSPS) is 10.9. The molecule has 0 radical (unpaired) electrons. The Bertz CT molecular complexity index is 928. The van der Waals surface area contributed by atoms with Gasteiger partial charge in [0.2, 0.25) is 5.75 Å². The summed E-state index contributed by atoms with van der Waals surface area (Å²) in [5, 5.41) is 19.9. The number of fused-ring (bicyclic) bond motifs is 1. The maximum Gasteiger partial charge on any atom is 0.203 e. The van der Waals surface area contributed by atoms with E-state index in [1.165, 1.54) is 19.2 Å². The van der Waals surface area contributed by atoms with Crippen molar-refractivity contribution in [3.05, 3.63) is 46.6 Å². The fourth-order valence-corrected chi connectivity index (χ4v) is 2.78. The van der Waals surface area contributed by atoms with Gasteiger partial charge in [-0.15, -0.1) is 11.8 Å². The molecule has 0 saturated heterocycles. The van der Waals surface area contributed by atoms with Gasteiger partial charge in [0.25, 0.3) is 0 Å². The van der Waals surface area contributed by atoms with Crippen LogP contribution in [0.2, 0.25) is 0 Å². The minimum absolute atomic E-state index is 0.0240. The first kappa shape index (κ1) is 15.3. The molecule has 0 amide bonds. The molecule has 0 aliphatic heterocycles. The molecule has 1 aromatic heterocycles. The highest BCUT2D eigenvalue weighted by Crippen LogP contribution is 2.41. The molecule has 0 atom stereocenters. The van der Waals surface area contributed by atoms with Crippen LogP contribution in [-0.2, 0) is 0 Å². The van der Waals surface area contributed by atoms with Crippen molar-refractivity contribution in [3.63, 3.8) is 0 Å². The summed E-state index contributed by atoms with van der Waals surface area (Å²) in [4.78, 5) is 13.4. The molecule has 2 aromatic carbocycles. The summed E-state index contributed by atoms with van der Waals surface area (Å²) in [6.45, 7) is 0. The first-order valence-electron chi connectivity index (χ1n) is 6.76. The zero-order chi connectivity index (χ0) is 16.6. The van der Waals surface area contributed by atoms with Crippen molar-refractivity contribution in [2.75, 3.05) is 13.4 Å². The molecule has 3 aromatic rings. The van der Waals surface area contributed by atoms with Crippen molar-refractivity contribution in [3.8, 4) is 28.6 Å². The van der Waals surface area contributed by atoms with Crippen LogP contribution in [0.1, 0.15) is 0 Å². The molecule has 3 rings (SSSR count). The maximum absolute atomic E-state index is 12.3. The molecular weight excluding hydrogens is 316 g/mol. The maximum atomic E-state index is 12.3. The van der Waals surface area contributed by atoms with Crippen molar-refractivity contribution < 1.29 is 19.4 Å². The Morgan fingerprint density at radius 3 is 2.43 bits per heavy atom. The molecule has 2 N–H and O–H groups in total. The largest absolute Gasteiger partial charge is 0.504 e. The Morgan fingerprint density at radius 2 is 1.83 bits per heavy atom. The summed E-state index contributed by atoms with van der Waals surface area (Å²) in [5.74, 6) is -0.517. The van der Waals surface area contributed by atoms with Crippen LogP contribution < -0.4 is 10.2 Å². The van der Waals surface area contributed by atoms with Crippen molar-refractivity contribution in [1.29, 1.82) is 0 Å². The number of benzene rings is 2. The summed E-state index contributed by atoms with van der Waals surface area (Å²) in [6, 6.07) is 10.1. The first-order valence-corrected chi connectivity index (χ1v) is 7.99. The Balaban J connectivity index is 2.23. The highest BCUT2D eigenvalue weighted by Gasteiger charge is 2.18. The molecule has 118 valence electrons. The zero-order valence-corrected chi connectivity index (χ0v) is 13.3. The monoisotopic (exact) mass is 330 g/mol. The number of hydrogen-bond donors (Lipinski definition) is 2. The van der Waals surface area contributed by atoms with Gasteiger partial charge in [0.1, 0.15) is 16.7 Å². The standard InChI is InChI=1S/C17H14O5S/c1-21-17-12(19)8-14-15(16(17)20)11(18)7-13(22-14)9-3-5-10(23-2)6-4-9/h3-8,19-20H,1-2H3. The zero-order valence-electron chi connectivity index (χ0n) is 12.5. The number of methoxy groups -OCH3 is 1. The van der Waals surface area contributed by atoms with Crippen LogP contribution in [0.4, 0.5) is 0 Å². The summed E-state index contributed by atoms with van der Waals surface area (Å²) < 4.78 is 10.6. The Morgan fingerprint density at radius 1 is 1.13 bits per heavy atom. The van der Waals surface area contributed by atoms with E-state index in [4.69, 9.17) is 9.15 Å². The van der Waals surface area contributed by atoms with Gasteiger partial charge in [-0.25, -0.2) is 0 Å². The first-order chi connectivity index (χ1) is 11.0. The van der Waals surface area contributed by atoms with E-state index in [0.717, 1.165) is 10.5 Å². The van der Waals surface area contributed by atoms with E-state index in [1.54, 1.807) is 11.8 Å². The molecule has 0 saturated carbocycles. The van der Waals surface area contributed by atoms with E-state index < -0.39 is 11.2 Å². The number of ether oxygens (including phenoxy) is 1. The van der Waals surface area contributed by atoms with Gasteiger partial charge in [-0.3, -0.25) is 4.79 Å². The molecule has 0 aliphatic carbocycles. The Kier molecular flexibility index (Phi) is 3.92. The van der Waals surface area contributed by atoms with Crippen LogP contribution >= 0.6 is 11.8 Å². The summed E-state index contributed by atoms with van der Waals surface area (Å²) in [7, 11) is 1.30. The fraction of sp³-hybridized carbons (Fsp3) is 0.118. The molecule has 1 heterocycles. The molecule has 0 spiro atoms. The van der Waals surface area contributed by atoms with E-state index in [0.29, 0.717) is 5.76 Å². The predicted molar refractivity (Wildman–Crippen MR) is 89.6 cm³/mol. The molecule has 0 aliphatic rings. The lowest BCUT2D eigenvalue weighted by Crippen LogP contribution is -2.01. The average molecular weight is 330 g/mol. The fourth-order valence-electron chi connectivity index (χ4n) is 2.37. The smallest absolute Gasteiger partial charge is 0.203 e. The highest BCUT2D eigenvalue weighted by molar-refractivity contribution is 7.98. The van der Waals surface area contributed by atoms with Crippen LogP contribution in [0.15, 0.2) is 50.5 Å². The highest BCUT2D eigenvalue weighted by atomic mass is 32.2. The number of aromatic hydroxyl groups is 2. The van der Waals surface area contributed by atoms with Gasteiger partial charge < -0.3 is 19.4 Å². The third-order valence-electron chi connectivity index (χ3n) is 3.51. The molecular formula is C17H14O5S. The second-order valence-electron chi connectivity index (χ2n) is 4.85. The third kappa shape index (κ3) is 2.61. The van der Waals surface area contributed by atoms with Crippen molar-refractivity contribution in [2.45, 2.75) is 4.90 Å². The number of thioether (sulfide) groups is 1. The lowest BCUT2D eigenvalue weighted by atomic mass is 10.1. The van der Waals surface area contributed by atoms with E-state index in [2.05, 4.69) is 0 Å². The van der Waals surface area contributed by atoms with E-state index in [9.17, 15) is 15.0 Å². The van der Waals surface area contributed by atoms with Crippen LogP contribution in [0.5, 0.6) is 17.2 Å². The van der Waals surface area contributed by atoms with Gasteiger partial charge in [-0.2, -0.15) is 0 Å². The lowest BCUT2D eigenvalue weighted by Gasteiger charge is -2.09. The van der Waals surface area contributed by atoms with Crippen molar-refractivity contribution >= 4 is 22.7 Å². The molecule has 0 fully saturated rings. The van der Waals surface area contributed by atoms with E-state index in [1.807, 2.05) is 30.5 Å². The molecule has 23 heavy (non-hydrogen) atoms. The molecule has 6 heteroatoms. The predicted octanol–water partition coefficient (Wildman–Crippen LogP) is 3.60. The van der Waals surface area contributed by atoms with Gasteiger partial charge in [-0.1, -0.05) is 12.1 Å². The van der Waals surface area contributed by atoms with Gasteiger partial charge in [0, 0.05) is 22.6 Å². The summed E-state index contributed by atoms with van der Waals surface area (Å²) in [6.07, 6.45) is 1.98. The quantitative estimate of drug-likeness (QED) is 0.714. The van der Waals surface area contributed by atoms with Crippen LogP contribution in [0, 0.1) is 0 Å². The number of phenolic OH excluding ortho intramolecular Hbond substituents is 2. The minimum atomic E-state index is -0.430. The van der Waals surface area contributed by atoms with E-state index in [-0.39, 0.29) is 22.5 Å². The van der Waals surface area contributed by atoms with Crippen molar-refractivity contribution in [2.24, 2.45) is 0 Å². The third-order valence-corrected chi connectivity index (χ3v) is 4.25. The second kappa shape index (κ2) is 5.89. The van der Waals surface area contributed by atoms with Gasteiger partial charge in [0.05, 0.1) is 7.11 Å². The number of hydrogen-bond acceptors (Lipinski definition) is 6. The van der Waals surface area contributed by atoms with Gasteiger partial charge in [0.15, 0.2) is 16.9 Å². The van der Waals surface area contributed by atoms with Crippen LogP contribution in [0.3, 0.4) is 0 Å². The second-order valence-corrected chi connectivity index (χ2v) is 5.73. The Labute approximate surface area is 136 Å². The average Bonchev–Trinajstić information content (AvgIpc) is 2.54.